The molecular formula is C20H26N4O3. The number of rotatable bonds is 7. The first-order valence-electron chi connectivity index (χ1n) is 9.29. The summed E-state index contributed by atoms with van der Waals surface area (Å²) < 4.78 is 5.67. The predicted octanol–water partition coefficient (Wildman–Crippen LogP) is 2.70. The van der Waals surface area contributed by atoms with Crippen molar-refractivity contribution in [2.75, 3.05) is 38.1 Å². The molecule has 3 rings (SSSR count). The Hall–Kier alpha value is -2.64. The summed E-state index contributed by atoms with van der Waals surface area (Å²) in [5.74, 6) is 1.70. The highest BCUT2D eigenvalue weighted by Crippen LogP contribution is 2.22. The SMILES string of the molecule is O=C(NCCN1CCC[C@H](CO)C1)Nc1ccc(Oc2cccnc2)cc1. The Morgan fingerprint density at radius 3 is 2.85 bits per heavy atom. The summed E-state index contributed by atoms with van der Waals surface area (Å²) in [4.78, 5) is 18.3. The van der Waals surface area contributed by atoms with Crippen molar-refractivity contribution in [2.24, 2.45) is 5.92 Å². The molecule has 7 heteroatoms. The van der Waals surface area contributed by atoms with Crippen molar-refractivity contribution in [2.45, 2.75) is 12.8 Å². The van der Waals surface area contributed by atoms with Crippen LogP contribution in [0.25, 0.3) is 0 Å². The fourth-order valence-electron chi connectivity index (χ4n) is 3.16. The summed E-state index contributed by atoms with van der Waals surface area (Å²) in [6.07, 6.45) is 5.52. The normalized spacial score (nSPS) is 17.3. The summed E-state index contributed by atoms with van der Waals surface area (Å²) in [6.45, 7) is 3.54. The second kappa shape index (κ2) is 9.89. The zero-order valence-electron chi connectivity index (χ0n) is 15.3. The van der Waals surface area contributed by atoms with Gasteiger partial charge in [0.15, 0.2) is 0 Å². The van der Waals surface area contributed by atoms with Crippen molar-refractivity contribution in [1.29, 1.82) is 0 Å². The van der Waals surface area contributed by atoms with E-state index in [9.17, 15) is 9.90 Å². The quantitative estimate of drug-likeness (QED) is 0.698. The molecule has 0 aliphatic carbocycles. The Morgan fingerprint density at radius 2 is 2.11 bits per heavy atom. The first-order valence-corrected chi connectivity index (χ1v) is 9.29. The molecule has 1 atom stereocenters. The van der Waals surface area contributed by atoms with E-state index in [4.69, 9.17) is 4.74 Å². The molecule has 2 heterocycles. The third-order valence-electron chi connectivity index (χ3n) is 4.56. The smallest absolute Gasteiger partial charge is 0.319 e. The number of amides is 2. The lowest BCUT2D eigenvalue weighted by molar-refractivity contribution is 0.121. The van der Waals surface area contributed by atoms with Gasteiger partial charge in [-0.2, -0.15) is 0 Å². The molecule has 0 unspecified atom stereocenters. The summed E-state index contributed by atoms with van der Waals surface area (Å²) in [6, 6.07) is 10.6. The highest BCUT2D eigenvalue weighted by atomic mass is 16.5. The summed E-state index contributed by atoms with van der Waals surface area (Å²) in [7, 11) is 0. The molecule has 3 N–H and O–H groups in total. The average molecular weight is 370 g/mol. The van der Waals surface area contributed by atoms with Crippen molar-refractivity contribution in [3.05, 3.63) is 48.8 Å². The van der Waals surface area contributed by atoms with Gasteiger partial charge in [0, 0.05) is 38.1 Å². The van der Waals surface area contributed by atoms with Crippen LogP contribution in [0.5, 0.6) is 11.5 Å². The van der Waals surface area contributed by atoms with E-state index < -0.39 is 0 Å². The Labute approximate surface area is 159 Å². The van der Waals surface area contributed by atoms with Crippen LogP contribution in [0.3, 0.4) is 0 Å². The molecule has 27 heavy (non-hydrogen) atoms. The fraction of sp³-hybridized carbons (Fsp3) is 0.400. The van der Waals surface area contributed by atoms with Gasteiger partial charge in [0.1, 0.15) is 11.5 Å². The molecule has 1 aromatic carbocycles. The molecule has 2 aromatic rings. The number of anilines is 1. The van der Waals surface area contributed by atoms with Crippen molar-refractivity contribution >= 4 is 11.7 Å². The molecule has 0 bridgehead atoms. The van der Waals surface area contributed by atoms with Gasteiger partial charge in [0.05, 0.1) is 6.20 Å². The lowest BCUT2D eigenvalue weighted by Gasteiger charge is -2.31. The fourth-order valence-corrected chi connectivity index (χ4v) is 3.16. The number of nitrogens with zero attached hydrogens (tertiary/aromatic N) is 2. The van der Waals surface area contributed by atoms with Gasteiger partial charge in [-0.05, 0) is 61.7 Å². The number of pyridine rings is 1. The molecule has 7 nitrogen and oxygen atoms in total. The van der Waals surface area contributed by atoms with Crippen molar-refractivity contribution < 1.29 is 14.6 Å². The first kappa shape index (κ1) is 19.1. The lowest BCUT2D eigenvalue weighted by atomic mass is 9.99. The number of ether oxygens (including phenoxy) is 1. The van der Waals surface area contributed by atoms with Crippen molar-refractivity contribution in [3.8, 4) is 11.5 Å². The van der Waals surface area contributed by atoms with Gasteiger partial charge in [-0.15, -0.1) is 0 Å². The van der Waals surface area contributed by atoms with Crippen LogP contribution in [0, 0.1) is 5.92 Å². The third kappa shape index (κ3) is 6.23. The second-order valence-corrected chi connectivity index (χ2v) is 6.69. The molecule has 0 spiro atoms. The van der Waals surface area contributed by atoms with Gasteiger partial charge >= 0.3 is 6.03 Å². The Bertz CT molecular complexity index is 709. The number of benzene rings is 1. The molecule has 1 saturated heterocycles. The van der Waals surface area contributed by atoms with Gasteiger partial charge < -0.3 is 25.4 Å². The number of carbonyl (C=O) groups excluding carboxylic acids is 1. The number of carbonyl (C=O) groups is 1. The zero-order chi connectivity index (χ0) is 18.9. The third-order valence-corrected chi connectivity index (χ3v) is 4.56. The molecule has 144 valence electrons. The van der Waals surface area contributed by atoms with E-state index in [0.717, 1.165) is 32.5 Å². The number of urea groups is 1. The molecule has 1 aliphatic heterocycles. The van der Waals surface area contributed by atoms with Gasteiger partial charge in [-0.1, -0.05) is 0 Å². The van der Waals surface area contributed by atoms with Crippen molar-refractivity contribution in [1.82, 2.24) is 15.2 Å². The number of hydrogen-bond donors (Lipinski definition) is 3. The highest BCUT2D eigenvalue weighted by molar-refractivity contribution is 5.89. The summed E-state index contributed by atoms with van der Waals surface area (Å²) in [5, 5.41) is 15.0. The van der Waals surface area contributed by atoms with Crippen LogP contribution in [0.1, 0.15) is 12.8 Å². The van der Waals surface area contributed by atoms with Crippen LogP contribution in [0.2, 0.25) is 0 Å². The molecule has 2 amide bonds. The molecule has 0 saturated carbocycles. The highest BCUT2D eigenvalue weighted by Gasteiger charge is 2.18. The summed E-state index contributed by atoms with van der Waals surface area (Å²) in [5.41, 5.74) is 0.698. The van der Waals surface area contributed by atoms with Gasteiger partial charge in [0.2, 0.25) is 0 Å². The lowest BCUT2D eigenvalue weighted by Crippen LogP contribution is -2.42. The van der Waals surface area contributed by atoms with Crippen molar-refractivity contribution in [3.63, 3.8) is 0 Å². The number of nitrogens with one attached hydrogen (secondary N) is 2. The maximum absolute atomic E-state index is 12.0. The maximum atomic E-state index is 12.0. The van der Waals surface area contributed by atoms with Crippen LogP contribution >= 0.6 is 0 Å². The van der Waals surface area contributed by atoms with Crippen LogP contribution in [-0.2, 0) is 0 Å². The summed E-state index contributed by atoms with van der Waals surface area (Å²) >= 11 is 0. The minimum Gasteiger partial charge on any atom is -0.456 e. The Balaban J connectivity index is 1.39. The van der Waals surface area contributed by atoms with Crippen LogP contribution < -0.4 is 15.4 Å². The van der Waals surface area contributed by atoms with E-state index in [0.29, 0.717) is 29.6 Å². The van der Waals surface area contributed by atoms with E-state index in [-0.39, 0.29) is 12.6 Å². The minimum atomic E-state index is -0.230. The molecule has 0 radical (unpaired) electrons. The van der Waals surface area contributed by atoms with E-state index in [1.54, 1.807) is 36.7 Å². The maximum Gasteiger partial charge on any atom is 0.319 e. The van der Waals surface area contributed by atoms with E-state index >= 15 is 0 Å². The van der Waals surface area contributed by atoms with Crippen LogP contribution in [0.4, 0.5) is 10.5 Å². The number of piperidine rings is 1. The molecule has 1 aromatic heterocycles. The molecule has 1 aliphatic rings. The largest absolute Gasteiger partial charge is 0.456 e. The van der Waals surface area contributed by atoms with Gasteiger partial charge in [-0.25, -0.2) is 4.79 Å². The topological polar surface area (TPSA) is 86.7 Å². The number of aliphatic hydroxyl groups excluding tert-OH is 1. The van der Waals surface area contributed by atoms with E-state index in [2.05, 4.69) is 20.5 Å². The van der Waals surface area contributed by atoms with E-state index in [1.807, 2.05) is 12.1 Å². The van der Waals surface area contributed by atoms with Gasteiger partial charge in [-0.3, -0.25) is 4.98 Å². The van der Waals surface area contributed by atoms with Crippen LogP contribution in [-0.4, -0.2) is 53.8 Å². The monoisotopic (exact) mass is 370 g/mol. The Kier molecular flexibility index (Phi) is 7.01. The number of aromatic nitrogens is 1. The minimum absolute atomic E-state index is 0.230. The standard InChI is InChI=1S/C20H26N4O3/c25-15-16-3-2-11-24(14-16)12-10-22-20(26)23-17-5-7-18(8-6-17)27-19-4-1-9-21-13-19/h1,4-9,13,16,25H,2-3,10-12,14-15H2,(H2,22,23,26)/t16-/m0/s1. The van der Waals surface area contributed by atoms with Gasteiger partial charge in [0.25, 0.3) is 0 Å². The number of likely N-dealkylation sites (tertiary alicyclic amines) is 1. The number of hydrogen-bond acceptors (Lipinski definition) is 5. The molecular weight excluding hydrogens is 344 g/mol. The van der Waals surface area contributed by atoms with Crippen LogP contribution in [0.15, 0.2) is 48.8 Å². The second-order valence-electron chi connectivity index (χ2n) is 6.69. The average Bonchev–Trinajstić information content (AvgIpc) is 2.70. The number of aliphatic hydroxyl groups is 1. The first-order chi connectivity index (χ1) is 13.2. The Morgan fingerprint density at radius 1 is 1.26 bits per heavy atom. The predicted molar refractivity (Wildman–Crippen MR) is 104 cm³/mol. The van der Waals surface area contributed by atoms with E-state index in [1.165, 1.54) is 0 Å². The molecule has 1 fully saturated rings. The zero-order valence-corrected chi connectivity index (χ0v) is 15.3.